The minimum absolute atomic E-state index is 0.123. The van der Waals surface area contributed by atoms with E-state index in [1.165, 1.54) is 6.07 Å². The highest BCUT2D eigenvalue weighted by molar-refractivity contribution is 5.95. The number of aromatic carboxylic acids is 1. The Morgan fingerprint density at radius 3 is 2.74 bits per heavy atom. The Bertz CT molecular complexity index is 515. The molecule has 0 aliphatic heterocycles. The molecule has 0 radical (unpaired) electrons. The third-order valence-corrected chi connectivity index (χ3v) is 2.81. The van der Waals surface area contributed by atoms with Gasteiger partial charge >= 0.3 is 5.97 Å². The SMILES string of the molecule is C#CCCCCC(=O)Nc1cccc(C(=O)O)c1C. The van der Waals surface area contributed by atoms with Crippen molar-refractivity contribution in [1.29, 1.82) is 0 Å². The van der Waals surface area contributed by atoms with E-state index in [2.05, 4.69) is 11.2 Å². The Hall–Kier alpha value is -2.28. The maximum atomic E-state index is 11.7. The predicted molar refractivity (Wildman–Crippen MR) is 74.1 cm³/mol. The molecule has 0 aliphatic rings. The van der Waals surface area contributed by atoms with Gasteiger partial charge in [0.25, 0.3) is 0 Å². The molecule has 100 valence electrons. The highest BCUT2D eigenvalue weighted by Crippen LogP contribution is 2.19. The van der Waals surface area contributed by atoms with Gasteiger partial charge in [0.15, 0.2) is 0 Å². The lowest BCUT2D eigenvalue weighted by atomic mass is 10.1. The van der Waals surface area contributed by atoms with Crippen molar-refractivity contribution in [1.82, 2.24) is 0 Å². The van der Waals surface area contributed by atoms with Gasteiger partial charge in [-0.3, -0.25) is 4.79 Å². The van der Waals surface area contributed by atoms with Crippen LogP contribution in [0.2, 0.25) is 0 Å². The molecule has 0 heterocycles. The van der Waals surface area contributed by atoms with E-state index in [4.69, 9.17) is 11.5 Å². The lowest BCUT2D eigenvalue weighted by Crippen LogP contribution is -2.13. The average Bonchev–Trinajstić information content (AvgIpc) is 2.37. The minimum Gasteiger partial charge on any atom is -0.478 e. The Morgan fingerprint density at radius 2 is 2.11 bits per heavy atom. The van der Waals surface area contributed by atoms with Crippen molar-refractivity contribution in [3.63, 3.8) is 0 Å². The number of unbranched alkanes of at least 4 members (excludes halogenated alkanes) is 2. The summed E-state index contributed by atoms with van der Waals surface area (Å²) in [5.74, 6) is 1.40. The molecule has 0 atom stereocenters. The molecule has 0 saturated carbocycles. The lowest BCUT2D eigenvalue weighted by molar-refractivity contribution is -0.116. The van der Waals surface area contributed by atoms with Gasteiger partial charge in [-0.1, -0.05) is 6.07 Å². The molecule has 1 aromatic carbocycles. The van der Waals surface area contributed by atoms with Crippen LogP contribution in [-0.2, 0) is 4.79 Å². The van der Waals surface area contributed by atoms with Gasteiger partial charge in [0, 0.05) is 18.5 Å². The summed E-state index contributed by atoms with van der Waals surface area (Å²) < 4.78 is 0. The highest BCUT2D eigenvalue weighted by Gasteiger charge is 2.11. The van der Waals surface area contributed by atoms with Crippen LogP contribution >= 0.6 is 0 Å². The molecular weight excluding hydrogens is 242 g/mol. The van der Waals surface area contributed by atoms with Crippen LogP contribution in [0.3, 0.4) is 0 Å². The maximum Gasteiger partial charge on any atom is 0.336 e. The number of hydrogen-bond acceptors (Lipinski definition) is 2. The average molecular weight is 259 g/mol. The molecule has 1 rings (SSSR count). The van der Waals surface area contributed by atoms with Crippen LogP contribution in [0.25, 0.3) is 0 Å². The van der Waals surface area contributed by atoms with Crippen LogP contribution in [0.4, 0.5) is 5.69 Å². The zero-order chi connectivity index (χ0) is 14.3. The molecule has 19 heavy (non-hydrogen) atoms. The normalized spacial score (nSPS) is 9.68. The fourth-order valence-corrected chi connectivity index (χ4v) is 1.73. The number of carboxylic acids is 1. The number of benzene rings is 1. The molecule has 0 aliphatic carbocycles. The molecular formula is C15H17NO3. The molecule has 1 aromatic rings. The van der Waals surface area contributed by atoms with E-state index in [1.54, 1.807) is 19.1 Å². The zero-order valence-corrected chi connectivity index (χ0v) is 10.9. The topological polar surface area (TPSA) is 66.4 Å². The van der Waals surface area contributed by atoms with Gasteiger partial charge in [-0.05, 0) is 37.5 Å². The van der Waals surface area contributed by atoms with Gasteiger partial charge in [0.2, 0.25) is 5.91 Å². The smallest absolute Gasteiger partial charge is 0.336 e. The molecule has 4 heteroatoms. The number of amides is 1. The second-order valence-electron chi connectivity index (χ2n) is 4.24. The van der Waals surface area contributed by atoms with Crippen molar-refractivity contribution in [2.75, 3.05) is 5.32 Å². The highest BCUT2D eigenvalue weighted by atomic mass is 16.4. The fraction of sp³-hybridized carbons (Fsp3) is 0.333. The van der Waals surface area contributed by atoms with E-state index < -0.39 is 5.97 Å². The van der Waals surface area contributed by atoms with Crippen LogP contribution < -0.4 is 5.32 Å². The van der Waals surface area contributed by atoms with Crippen molar-refractivity contribution in [3.05, 3.63) is 29.3 Å². The first-order valence-electron chi connectivity index (χ1n) is 6.12. The first-order chi connectivity index (χ1) is 9.06. The van der Waals surface area contributed by atoms with Gasteiger partial charge in [-0.2, -0.15) is 0 Å². The van der Waals surface area contributed by atoms with Gasteiger partial charge < -0.3 is 10.4 Å². The van der Waals surface area contributed by atoms with E-state index in [9.17, 15) is 9.59 Å². The van der Waals surface area contributed by atoms with Crippen LogP contribution in [0.5, 0.6) is 0 Å². The Labute approximate surface area is 112 Å². The largest absolute Gasteiger partial charge is 0.478 e. The van der Waals surface area contributed by atoms with E-state index in [0.717, 1.165) is 12.8 Å². The summed E-state index contributed by atoms with van der Waals surface area (Å²) >= 11 is 0. The number of anilines is 1. The van der Waals surface area contributed by atoms with Crippen LogP contribution in [0.1, 0.15) is 41.6 Å². The Balaban J connectivity index is 2.62. The van der Waals surface area contributed by atoms with Crippen molar-refractivity contribution in [3.8, 4) is 12.3 Å². The van der Waals surface area contributed by atoms with Crippen LogP contribution in [-0.4, -0.2) is 17.0 Å². The summed E-state index contributed by atoms with van der Waals surface area (Å²) in [6, 6.07) is 4.83. The van der Waals surface area contributed by atoms with E-state index in [1.807, 2.05) is 0 Å². The number of terminal acetylenes is 1. The van der Waals surface area contributed by atoms with Crippen molar-refractivity contribution >= 4 is 17.6 Å². The van der Waals surface area contributed by atoms with E-state index >= 15 is 0 Å². The molecule has 0 unspecified atom stereocenters. The van der Waals surface area contributed by atoms with Gasteiger partial charge in [-0.15, -0.1) is 12.3 Å². The summed E-state index contributed by atoms with van der Waals surface area (Å²) in [6.07, 6.45) is 7.73. The first-order valence-corrected chi connectivity index (χ1v) is 6.12. The number of carbonyl (C=O) groups excluding carboxylic acids is 1. The summed E-state index contributed by atoms with van der Waals surface area (Å²) in [4.78, 5) is 22.7. The van der Waals surface area contributed by atoms with Crippen LogP contribution in [0, 0.1) is 19.3 Å². The maximum absolute atomic E-state index is 11.7. The number of hydrogen-bond donors (Lipinski definition) is 2. The summed E-state index contributed by atoms with van der Waals surface area (Å²) in [5.41, 5.74) is 1.30. The van der Waals surface area contributed by atoms with E-state index in [0.29, 0.717) is 24.1 Å². The summed E-state index contributed by atoms with van der Waals surface area (Å²) in [7, 11) is 0. The first kappa shape index (κ1) is 14.8. The Morgan fingerprint density at radius 1 is 1.37 bits per heavy atom. The fourth-order valence-electron chi connectivity index (χ4n) is 1.73. The minimum atomic E-state index is -0.998. The van der Waals surface area contributed by atoms with Gasteiger partial charge in [0.1, 0.15) is 0 Å². The molecule has 0 bridgehead atoms. The number of carboxylic acid groups (broad SMARTS) is 1. The third-order valence-electron chi connectivity index (χ3n) is 2.81. The summed E-state index contributed by atoms with van der Waals surface area (Å²) in [5, 5.41) is 11.7. The third kappa shape index (κ3) is 4.47. The number of rotatable bonds is 6. The molecule has 2 N–H and O–H groups in total. The van der Waals surface area contributed by atoms with Gasteiger partial charge in [0.05, 0.1) is 5.56 Å². The quantitative estimate of drug-likeness (QED) is 0.609. The standard InChI is InChI=1S/C15H17NO3/c1-3-4-5-6-10-14(17)16-13-9-7-8-12(11(13)2)15(18)19/h1,7-9H,4-6,10H2,2H3,(H,16,17)(H,18,19). The second kappa shape index (κ2) is 7.22. The second-order valence-corrected chi connectivity index (χ2v) is 4.24. The van der Waals surface area contributed by atoms with Crippen molar-refractivity contribution < 1.29 is 14.7 Å². The molecule has 0 spiro atoms. The molecule has 0 aromatic heterocycles. The van der Waals surface area contributed by atoms with Gasteiger partial charge in [-0.25, -0.2) is 4.79 Å². The van der Waals surface area contributed by atoms with Crippen LogP contribution in [0.15, 0.2) is 18.2 Å². The molecule has 4 nitrogen and oxygen atoms in total. The monoisotopic (exact) mass is 259 g/mol. The number of nitrogens with one attached hydrogen (secondary N) is 1. The molecule has 0 saturated heterocycles. The zero-order valence-electron chi connectivity index (χ0n) is 10.9. The summed E-state index contributed by atoms with van der Waals surface area (Å²) in [6.45, 7) is 1.68. The predicted octanol–water partition coefficient (Wildman–Crippen LogP) is 2.83. The lowest BCUT2D eigenvalue weighted by Gasteiger charge is -2.10. The van der Waals surface area contributed by atoms with Crippen molar-refractivity contribution in [2.45, 2.75) is 32.6 Å². The number of carbonyl (C=O) groups is 2. The molecule has 1 amide bonds. The van der Waals surface area contributed by atoms with E-state index in [-0.39, 0.29) is 11.5 Å². The van der Waals surface area contributed by atoms with Crippen molar-refractivity contribution in [2.24, 2.45) is 0 Å². The Kier molecular flexibility index (Phi) is 5.62. The molecule has 0 fully saturated rings.